The third-order valence-corrected chi connectivity index (χ3v) is 2.43. The quantitative estimate of drug-likeness (QED) is 0.498. The maximum atomic E-state index is 12.1. The predicted molar refractivity (Wildman–Crippen MR) is 40.3 cm³/mol. The van der Waals surface area contributed by atoms with E-state index < -0.39 is 12.1 Å². The normalized spacial score (nSPS) is 31.2. The van der Waals surface area contributed by atoms with Crippen molar-refractivity contribution in [1.82, 2.24) is 0 Å². The smallest absolute Gasteiger partial charge is 0.171 e. The van der Waals surface area contributed by atoms with Crippen LogP contribution in [0.2, 0.25) is 0 Å². The molecule has 0 nitrogen and oxygen atoms in total. The van der Waals surface area contributed by atoms with Crippen molar-refractivity contribution >= 4 is 0 Å². The first kappa shape index (κ1) is 9.44. The number of hydrogen-bond acceptors (Lipinski definition) is 0. The summed E-state index contributed by atoms with van der Waals surface area (Å²) in [6.07, 6.45) is 2.58. The molecule has 12 heavy (non-hydrogen) atoms. The lowest BCUT2D eigenvalue weighted by Crippen LogP contribution is -2.27. The maximum Gasteiger partial charge on any atom is 0.391 e. The summed E-state index contributed by atoms with van der Waals surface area (Å²) in [5.41, 5.74) is 0. The van der Waals surface area contributed by atoms with Gasteiger partial charge in [-0.05, 0) is 25.7 Å². The minimum Gasteiger partial charge on any atom is -0.171 e. The van der Waals surface area contributed by atoms with Crippen LogP contribution in [0, 0.1) is 24.2 Å². The molecule has 0 heterocycles. The Hall–Kier alpha value is -0.650. The van der Waals surface area contributed by atoms with Crippen LogP contribution in [0.3, 0.4) is 0 Å². The van der Waals surface area contributed by atoms with Gasteiger partial charge in [-0.2, -0.15) is 13.2 Å². The highest BCUT2D eigenvalue weighted by atomic mass is 19.4. The van der Waals surface area contributed by atoms with Gasteiger partial charge in [-0.1, -0.05) is 0 Å². The van der Waals surface area contributed by atoms with E-state index in [1.54, 1.807) is 0 Å². The van der Waals surface area contributed by atoms with Gasteiger partial charge in [0, 0.05) is 5.92 Å². The molecule has 68 valence electrons. The van der Waals surface area contributed by atoms with Crippen molar-refractivity contribution in [3.8, 4) is 12.3 Å². The van der Waals surface area contributed by atoms with Gasteiger partial charge in [-0.25, -0.2) is 0 Å². The monoisotopic (exact) mass is 176 g/mol. The molecule has 0 aliphatic heterocycles. The Morgan fingerprint density at radius 3 is 1.92 bits per heavy atom. The Morgan fingerprint density at radius 2 is 1.58 bits per heavy atom. The van der Waals surface area contributed by atoms with Crippen LogP contribution < -0.4 is 0 Å². The number of alkyl halides is 3. The van der Waals surface area contributed by atoms with E-state index in [4.69, 9.17) is 6.42 Å². The number of hydrogen-bond donors (Lipinski definition) is 0. The Morgan fingerprint density at radius 1 is 1.08 bits per heavy atom. The number of terminal acetylenes is 1. The second-order valence-corrected chi connectivity index (χ2v) is 3.26. The molecule has 3 heteroatoms. The molecule has 0 bridgehead atoms. The zero-order chi connectivity index (χ0) is 9.19. The summed E-state index contributed by atoms with van der Waals surface area (Å²) in [7, 11) is 0. The molecule has 1 saturated carbocycles. The lowest BCUT2D eigenvalue weighted by atomic mass is 9.82. The molecule has 0 N–H and O–H groups in total. The van der Waals surface area contributed by atoms with E-state index in [-0.39, 0.29) is 18.8 Å². The van der Waals surface area contributed by atoms with Crippen LogP contribution in [-0.2, 0) is 0 Å². The molecule has 0 unspecified atom stereocenters. The fourth-order valence-corrected chi connectivity index (χ4v) is 1.59. The van der Waals surface area contributed by atoms with Gasteiger partial charge in [0.1, 0.15) is 0 Å². The van der Waals surface area contributed by atoms with E-state index >= 15 is 0 Å². The van der Waals surface area contributed by atoms with Gasteiger partial charge in [-0.15, -0.1) is 12.3 Å². The molecule has 0 spiro atoms. The predicted octanol–water partition coefficient (Wildman–Crippen LogP) is 2.99. The van der Waals surface area contributed by atoms with Crippen LogP contribution in [0.1, 0.15) is 25.7 Å². The van der Waals surface area contributed by atoms with Crippen LogP contribution in [-0.4, -0.2) is 6.18 Å². The SMILES string of the molecule is C#CC1CCC(C(F)(F)F)CC1. The summed E-state index contributed by atoms with van der Waals surface area (Å²) in [5, 5.41) is 0. The molecule has 1 rings (SSSR count). The Labute approximate surface area is 70.1 Å². The molecule has 1 aliphatic rings. The molecule has 0 aromatic heterocycles. The van der Waals surface area contributed by atoms with Gasteiger partial charge in [0.15, 0.2) is 0 Å². The summed E-state index contributed by atoms with van der Waals surface area (Å²) in [5.74, 6) is 1.47. The number of halogens is 3. The van der Waals surface area contributed by atoms with Crippen LogP contribution in [0.4, 0.5) is 13.2 Å². The maximum absolute atomic E-state index is 12.1. The summed E-state index contributed by atoms with van der Waals surface area (Å²) < 4.78 is 36.4. The first-order valence-electron chi connectivity index (χ1n) is 4.07. The summed E-state index contributed by atoms with van der Waals surface area (Å²) in [4.78, 5) is 0. The van der Waals surface area contributed by atoms with Gasteiger partial charge >= 0.3 is 6.18 Å². The molecular weight excluding hydrogens is 165 g/mol. The van der Waals surface area contributed by atoms with Gasteiger partial charge in [0.05, 0.1) is 5.92 Å². The summed E-state index contributed by atoms with van der Waals surface area (Å²) in [6.45, 7) is 0. The largest absolute Gasteiger partial charge is 0.391 e. The first-order valence-corrected chi connectivity index (χ1v) is 4.07. The highest BCUT2D eigenvalue weighted by Crippen LogP contribution is 2.39. The Balaban J connectivity index is 2.42. The molecule has 0 aromatic rings. The first-order chi connectivity index (χ1) is 5.54. The van der Waals surface area contributed by atoms with Crippen LogP contribution in [0.25, 0.3) is 0 Å². The van der Waals surface area contributed by atoms with Crippen molar-refractivity contribution in [2.75, 3.05) is 0 Å². The van der Waals surface area contributed by atoms with Crippen molar-refractivity contribution in [2.45, 2.75) is 31.9 Å². The lowest BCUT2D eigenvalue weighted by Gasteiger charge is -2.27. The molecule has 1 fully saturated rings. The average molecular weight is 176 g/mol. The summed E-state index contributed by atoms with van der Waals surface area (Å²) >= 11 is 0. The van der Waals surface area contributed by atoms with E-state index in [1.807, 2.05) is 0 Å². The minimum absolute atomic E-state index is 0.0728. The van der Waals surface area contributed by atoms with Gasteiger partial charge in [0.2, 0.25) is 0 Å². The van der Waals surface area contributed by atoms with E-state index in [0.29, 0.717) is 12.8 Å². The highest BCUT2D eigenvalue weighted by Gasteiger charge is 2.40. The molecule has 0 amide bonds. The summed E-state index contributed by atoms with van der Waals surface area (Å²) in [6, 6.07) is 0. The van der Waals surface area contributed by atoms with Crippen molar-refractivity contribution in [1.29, 1.82) is 0 Å². The topological polar surface area (TPSA) is 0 Å². The van der Waals surface area contributed by atoms with E-state index in [2.05, 4.69) is 5.92 Å². The zero-order valence-electron chi connectivity index (χ0n) is 6.69. The Kier molecular flexibility index (Phi) is 2.66. The molecule has 0 aromatic carbocycles. The third kappa shape index (κ3) is 2.17. The van der Waals surface area contributed by atoms with E-state index in [0.717, 1.165) is 0 Å². The number of rotatable bonds is 0. The minimum atomic E-state index is -4.01. The van der Waals surface area contributed by atoms with Crippen LogP contribution >= 0.6 is 0 Å². The highest BCUT2D eigenvalue weighted by molar-refractivity contribution is 4.95. The van der Waals surface area contributed by atoms with Crippen molar-refractivity contribution in [3.05, 3.63) is 0 Å². The van der Waals surface area contributed by atoms with Gasteiger partial charge in [-0.3, -0.25) is 0 Å². The third-order valence-electron chi connectivity index (χ3n) is 2.43. The van der Waals surface area contributed by atoms with Crippen LogP contribution in [0.5, 0.6) is 0 Å². The second kappa shape index (κ2) is 3.38. The second-order valence-electron chi connectivity index (χ2n) is 3.26. The molecule has 1 aliphatic carbocycles. The molecular formula is C9H11F3. The van der Waals surface area contributed by atoms with Gasteiger partial charge in [0.25, 0.3) is 0 Å². The average Bonchev–Trinajstić information content (AvgIpc) is 2.03. The lowest BCUT2D eigenvalue weighted by molar-refractivity contribution is -0.182. The molecule has 0 radical (unpaired) electrons. The molecule has 0 atom stereocenters. The zero-order valence-corrected chi connectivity index (χ0v) is 6.69. The van der Waals surface area contributed by atoms with Crippen molar-refractivity contribution in [3.63, 3.8) is 0 Å². The Bertz CT molecular complexity index is 179. The fourth-order valence-electron chi connectivity index (χ4n) is 1.59. The van der Waals surface area contributed by atoms with Gasteiger partial charge < -0.3 is 0 Å². The standard InChI is InChI=1S/C9H11F3/c1-2-7-3-5-8(6-4-7)9(10,11)12/h1,7-8H,3-6H2. The fraction of sp³-hybridized carbons (Fsp3) is 0.778. The van der Waals surface area contributed by atoms with Crippen LogP contribution in [0.15, 0.2) is 0 Å². The van der Waals surface area contributed by atoms with Crippen molar-refractivity contribution in [2.24, 2.45) is 11.8 Å². The molecule has 0 saturated heterocycles. The van der Waals surface area contributed by atoms with E-state index in [9.17, 15) is 13.2 Å². The van der Waals surface area contributed by atoms with Crippen molar-refractivity contribution < 1.29 is 13.2 Å². The van der Waals surface area contributed by atoms with E-state index in [1.165, 1.54) is 0 Å².